The van der Waals surface area contributed by atoms with Gasteiger partial charge in [0.2, 0.25) is 0 Å². The minimum atomic E-state index is -0.704. The van der Waals surface area contributed by atoms with Gasteiger partial charge in [-0.15, -0.1) is 0 Å². The van der Waals surface area contributed by atoms with Gasteiger partial charge in [-0.25, -0.2) is 4.39 Å². The maximum absolute atomic E-state index is 14.1. The Morgan fingerprint density at radius 3 is 2.90 bits per heavy atom. The molecule has 1 atom stereocenters. The molecule has 0 saturated carbocycles. The Kier molecular flexibility index (Phi) is 4.74. The van der Waals surface area contributed by atoms with Gasteiger partial charge >= 0.3 is 0 Å². The number of pyridine rings is 1. The standard InChI is InChI=1S/C22H21FN2O4/c1-12-6-7-14-9-15(23)10-17-19(14)25(12)22(28)18(20(17)26)21(27)24-11-13-4-3-5-16(8-13)29-2/h3-5,8-10,12,26H,6-7,11H2,1-2H3,(H,24,27). The predicted molar refractivity (Wildman–Crippen MR) is 107 cm³/mol. The number of ether oxygens (including phenoxy) is 1. The molecule has 1 aromatic heterocycles. The first kappa shape index (κ1) is 19.0. The number of hydrogen-bond donors (Lipinski definition) is 2. The van der Waals surface area contributed by atoms with E-state index in [1.807, 2.05) is 13.0 Å². The zero-order valence-electron chi connectivity index (χ0n) is 16.2. The first-order valence-corrected chi connectivity index (χ1v) is 9.41. The van der Waals surface area contributed by atoms with Crippen LogP contribution in [0.25, 0.3) is 10.9 Å². The molecule has 7 heteroatoms. The highest BCUT2D eigenvalue weighted by atomic mass is 19.1. The van der Waals surface area contributed by atoms with Gasteiger partial charge in [-0.05, 0) is 55.2 Å². The van der Waals surface area contributed by atoms with Gasteiger partial charge in [0, 0.05) is 18.0 Å². The summed E-state index contributed by atoms with van der Waals surface area (Å²) in [6.07, 6.45) is 1.26. The first-order valence-electron chi connectivity index (χ1n) is 9.41. The highest BCUT2D eigenvalue weighted by molar-refractivity contribution is 6.03. The summed E-state index contributed by atoms with van der Waals surface area (Å²) in [6.45, 7) is 2.03. The zero-order chi connectivity index (χ0) is 20.7. The van der Waals surface area contributed by atoms with Crippen LogP contribution in [0.4, 0.5) is 4.39 Å². The summed E-state index contributed by atoms with van der Waals surface area (Å²) in [4.78, 5) is 25.9. The van der Waals surface area contributed by atoms with Crippen molar-refractivity contribution in [3.05, 3.63) is 69.3 Å². The number of methoxy groups -OCH3 is 1. The van der Waals surface area contributed by atoms with E-state index in [4.69, 9.17) is 4.74 Å². The fourth-order valence-electron chi connectivity index (χ4n) is 3.94. The molecule has 0 radical (unpaired) electrons. The van der Waals surface area contributed by atoms with E-state index in [1.54, 1.807) is 25.3 Å². The largest absolute Gasteiger partial charge is 0.506 e. The number of hydrogen-bond acceptors (Lipinski definition) is 4. The molecule has 4 rings (SSSR count). The number of aryl methyl sites for hydroxylation is 1. The molecule has 3 aromatic rings. The number of aromatic nitrogens is 1. The van der Waals surface area contributed by atoms with Gasteiger partial charge in [0.15, 0.2) is 0 Å². The molecule has 1 amide bonds. The quantitative estimate of drug-likeness (QED) is 0.709. The van der Waals surface area contributed by atoms with E-state index in [0.717, 1.165) is 5.56 Å². The third-order valence-electron chi connectivity index (χ3n) is 5.41. The second-order valence-electron chi connectivity index (χ2n) is 7.28. The number of rotatable bonds is 4. The minimum absolute atomic E-state index is 0.150. The van der Waals surface area contributed by atoms with Crippen LogP contribution in [0.15, 0.2) is 41.2 Å². The summed E-state index contributed by atoms with van der Waals surface area (Å²) >= 11 is 0. The van der Waals surface area contributed by atoms with E-state index >= 15 is 0 Å². The summed E-state index contributed by atoms with van der Waals surface area (Å²) in [6, 6.07) is 9.54. The number of carbonyl (C=O) groups excluding carboxylic acids is 1. The lowest BCUT2D eigenvalue weighted by Crippen LogP contribution is -2.36. The molecule has 1 aliphatic rings. The van der Waals surface area contributed by atoms with Crippen molar-refractivity contribution in [2.75, 3.05) is 7.11 Å². The molecule has 2 N–H and O–H groups in total. The smallest absolute Gasteiger partial charge is 0.267 e. The van der Waals surface area contributed by atoms with Gasteiger partial charge in [-0.3, -0.25) is 9.59 Å². The second kappa shape index (κ2) is 7.24. The van der Waals surface area contributed by atoms with Crippen LogP contribution in [0, 0.1) is 5.82 Å². The van der Waals surface area contributed by atoms with E-state index in [0.29, 0.717) is 29.7 Å². The number of amides is 1. The SMILES string of the molecule is COc1cccc(CNC(=O)c2c(O)c3cc(F)cc4c3n(c2=O)C(C)CC4)c1. The van der Waals surface area contributed by atoms with Crippen LogP contribution in [0.3, 0.4) is 0 Å². The zero-order valence-corrected chi connectivity index (χ0v) is 16.2. The topological polar surface area (TPSA) is 80.6 Å². The van der Waals surface area contributed by atoms with Crippen LogP contribution in [0.2, 0.25) is 0 Å². The normalized spacial score (nSPS) is 15.3. The fourth-order valence-corrected chi connectivity index (χ4v) is 3.94. The van der Waals surface area contributed by atoms with E-state index in [2.05, 4.69) is 5.32 Å². The Morgan fingerprint density at radius 2 is 2.14 bits per heavy atom. The molecule has 29 heavy (non-hydrogen) atoms. The number of nitrogens with one attached hydrogen (secondary N) is 1. The molecule has 2 heterocycles. The number of carbonyl (C=O) groups is 1. The van der Waals surface area contributed by atoms with Crippen LogP contribution in [-0.4, -0.2) is 22.7 Å². The molecular weight excluding hydrogens is 375 g/mol. The lowest BCUT2D eigenvalue weighted by atomic mass is 9.95. The molecule has 150 valence electrons. The Bertz CT molecular complexity index is 1190. The van der Waals surface area contributed by atoms with Gasteiger partial charge in [-0.2, -0.15) is 0 Å². The van der Waals surface area contributed by atoms with Crippen molar-refractivity contribution < 1.29 is 19.0 Å². The van der Waals surface area contributed by atoms with Crippen molar-refractivity contribution in [2.24, 2.45) is 0 Å². The maximum atomic E-state index is 14.1. The van der Waals surface area contributed by atoms with Crippen molar-refractivity contribution in [3.8, 4) is 11.5 Å². The molecule has 0 fully saturated rings. The average Bonchev–Trinajstić information content (AvgIpc) is 2.71. The molecule has 0 saturated heterocycles. The maximum Gasteiger partial charge on any atom is 0.267 e. The number of halogens is 1. The van der Waals surface area contributed by atoms with E-state index in [1.165, 1.54) is 16.7 Å². The van der Waals surface area contributed by atoms with Crippen molar-refractivity contribution in [1.29, 1.82) is 0 Å². The van der Waals surface area contributed by atoms with Gasteiger partial charge in [-0.1, -0.05) is 12.1 Å². The Hall–Kier alpha value is -3.35. The summed E-state index contributed by atoms with van der Waals surface area (Å²) < 4.78 is 20.7. The van der Waals surface area contributed by atoms with Gasteiger partial charge < -0.3 is 19.7 Å². The lowest BCUT2D eigenvalue weighted by molar-refractivity contribution is 0.0946. The highest BCUT2D eigenvalue weighted by Gasteiger charge is 2.28. The van der Waals surface area contributed by atoms with Crippen LogP contribution < -0.4 is 15.6 Å². The Morgan fingerprint density at radius 1 is 1.34 bits per heavy atom. The lowest BCUT2D eigenvalue weighted by Gasteiger charge is -2.26. The molecule has 1 aliphatic heterocycles. The molecule has 0 bridgehead atoms. The predicted octanol–water partition coefficient (Wildman–Crippen LogP) is 3.29. The molecule has 2 aromatic carbocycles. The molecule has 1 unspecified atom stereocenters. The van der Waals surface area contributed by atoms with Crippen LogP contribution in [0.1, 0.15) is 40.9 Å². The number of aromatic hydroxyl groups is 1. The van der Waals surface area contributed by atoms with E-state index < -0.39 is 23.0 Å². The Labute approximate surface area is 166 Å². The summed E-state index contributed by atoms with van der Waals surface area (Å²) in [5.74, 6) is -1.05. The Balaban J connectivity index is 1.77. The van der Waals surface area contributed by atoms with E-state index in [-0.39, 0.29) is 23.5 Å². The van der Waals surface area contributed by atoms with Crippen molar-refractivity contribution in [1.82, 2.24) is 9.88 Å². The van der Waals surface area contributed by atoms with Crippen molar-refractivity contribution in [2.45, 2.75) is 32.4 Å². The van der Waals surface area contributed by atoms with Gasteiger partial charge in [0.05, 0.1) is 12.6 Å². The highest BCUT2D eigenvalue weighted by Crippen LogP contribution is 2.35. The molecule has 0 spiro atoms. The van der Waals surface area contributed by atoms with Crippen LogP contribution >= 0.6 is 0 Å². The average molecular weight is 396 g/mol. The third kappa shape index (κ3) is 3.22. The summed E-state index contributed by atoms with van der Waals surface area (Å²) in [5, 5.41) is 13.5. The fraction of sp³-hybridized carbons (Fsp3) is 0.273. The minimum Gasteiger partial charge on any atom is -0.506 e. The number of benzene rings is 2. The van der Waals surface area contributed by atoms with Crippen molar-refractivity contribution >= 4 is 16.8 Å². The molecular formula is C22H21FN2O4. The van der Waals surface area contributed by atoms with Crippen LogP contribution in [0.5, 0.6) is 11.5 Å². The van der Waals surface area contributed by atoms with Gasteiger partial charge in [0.1, 0.15) is 22.9 Å². The van der Waals surface area contributed by atoms with Crippen LogP contribution in [-0.2, 0) is 13.0 Å². The summed E-state index contributed by atoms with van der Waals surface area (Å²) in [7, 11) is 1.55. The van der Waals surface area contributed by atoms with E-state index in [9.17, 15) is 19.1 Å². The molecule has 0 aliphatic carbocycles. The summed E-state index contributed by atoms with van der Waals surface area (Å²) in [5.41, 5.74) is 0.996. The molecule has 6 nitrogen and oxygen atoms in total. The first-order chi connectivity index (χ1) is 13.9. The monoisotopic (exact) mass is 396 g/mol. The number of nitrogens with zero attached hydrogens (tertiary/aromatic N) is 1. The van der Waals surface area contributed by atoms with Crippen molar-refractivity contribution in [3.63, 3.8) is 0 Å². The third-order valence-corrected chi connectivity index (χ3v) is 5.41. The van der Waals surface area contributed by atoms with Gasteiger partial charge in [0.25, 0.3) is 11.5 Å². The second-order valence-corrected chi connectivity index (χ2v) is 7.28.